The van der Waals surface area contributed by atoms with Gasteiger partial charge in [-0.25, -0.2) is 13.7 Å². The average Bonchev–Trinajstić information content (AvgIpc) is 3.29. The first-order valence-electron chi connectivity index (χ1n) is 19.2. The molecular weight excluding hydrogens is 1120 g/mol. The molecule has 36 heteroatoms. The van der Waals surface area contributed by atoms with Crippen molar-refractivity contribution in [3.05, 3.63) is 96.3 Å². The van der Waals surface area contributed by atoms with E-state index in [1.165, 1.54) is 48.5 Å². The lowest BCUT2D eigenvalue weighted by atomic mass is 10.1. The standard InChI is InChI=1S/C37H28ClN9O20S6/c38-35-41-36(39-24-11-12-27(71(56,57)58)22-17-29(73(62,63)64)32(34(49)31(22)24)47-45-23-3-1-2-4-28(23)72(59,60)61)43-37(42-35)40-26-16-21(70(53,54)55)15-18-5-10-25(33(48)30(18)26)46-44-19-6-8-20(9-7-19)69(51,52)14-13-65-68-67-66-50/h1-12,15-17,48-50H,13-14H2,(H,53,54,55)(H,56,57,58)(H,59,60,61)(H,62,63,64)(H2,39,40,41,42,43). The molecule has 0 aliphatic rings. The molecule has 384 valence electrons. The maximum Gasteiger partial charge on any atom is 0.296 e. The molecule has 1 aromatic heterocycles. The molecule has 0 amide bonds. The maximum absolute atomic E-state index is 12.7. The van der Waals surface area contributed by atoms with Crippen LogP contribution in [-0.4, -0.2) is 103 Å². The van der Waals surface area contributed by atoms with Crippen LogP contribution in [0.2, 0.25) is 5.28 Å². The molecule has 29 nitrogen and oxygen atoms in total. The van der Waals surface area contributed by atoms with Gasteiger partial charge in [0.1, 0.15) is 31.7 Å². The number of nitrogens with zero attached hydrogens (tertiary/aromatic N) is 7. The van der Waals surface area contributed by atoms with Crippen LogP contribution in [0.3, 0.4) is 0 Å². The average molecular weight is 1150 g/mol. The number of benzene rings is 6. The Morgan fingerprint density at radius 2 is 1.22 bits per heavy atom. The van der Waals surface area contributed by atoms with Crippen LogP contribution in [0, 0.1) is 0 Å². The van der Waals surface area contributed by atoms with Crippen LogP contribution in [0.5, 0.6) is 11.5 Å². The SMILES string of the molecule is O=S(=O)(O)c1cc(Nc2nc(Cl)nc(Nc3ccc(S(=O)(=O)O)c4cc(S(=O)(=O)O)c(N=Nc5ccccc5S(=O)(=O)O)c(O)c34)n2)c2c(O)c(N=Nc3ccc(S(=O)(=O)CCOSOOO)cc3)ccc2c1. The number of hydrogen-bond acceptors (Lipinski definition) is 26. The normalized spacial score (nSPS) is 12.8. The van der Waals surface area contributed by atoms with Gasteiger partial charge >= 0.3 is 0 Å². The number of aromatic hydroxyl groups is 2. The first kappa shape index (κ1) is 54.1. The number of sulfone groups is 1. The van der Waals surface area contributed by atoms with Gasteiger partial charge in [0.25, 0.3) is 40.5 Å². The topological polar surface area (TPSA) is 452 Å². The molecular formula is C37H28ClN9O20S6. The van der Waals surface area contributed by atoms with E-state index in [4.69, 9.17) is 21.0 Å². The van der Waals surface area contributed by atoms with Crippen LogP contribution in [0.15, 0.2) is 136 Å². The van der Waals surface area contributed by atoms with Crippen LogP contribution in [0.1, 0.15) is 0 Å². The van der Waals surface area contributed by atoms with Crippen LogP contribution in [0.25, 0.3) is 21.5 Å². The summed E-state index contributed by atoms with van der Waals surface area (Å²) in [7, 11) is -24.5. The van der Waals surface area contributed by atoms with Crippen molar-refractivity contribution in [3.8, 4) is 11.5 Å². The van der Waals surface area contributed by atoms with Crippen molar-refractivity contribution in [2.45, 2.75) is 24.5 Å². The lowest BCUT2D eigenvalue weighted by Gasteiger charge is -2.16. The molecule has 0 atom stereocenters. The first-order chi connectivity index (χ1) is 34.2. The fourth-order valence-electron chi connectivity index (χ4n) is 6.52. The Hall–Kier alpha value is -6.68. The van der Waals surface area contributed by atoms with Crippen molar-refractivity contribution in [2.75, 3.05) is 23.0 Å². The highest BCUT2D eigenvalue weighted by Crippen LogP contribution is 2.47. The third-order valence-electron chi connectivity index (χ3n) is 9.58. The van der Waals surface area contributed by atoms with Gasteiger partial charge < -0.3 is 20.8 Å². The third-order valence-corrected chi connectivity index (χ3v) is 15.3. The molecule has 7 rings (SSSR count). The van der Waals surface area contributed by atoms with Crippen LogP contribution < -0.4 is 10.6 Å². The van der Waals surface area contributed by atoms with Gasteiger partial charge in [-0.15, -0.1) is 19.7 Å². The summed E-state index contributed by atoms with van der Waals surface area (Å²) in [5.74, 6) is -3.52. The van der Waals surface area contributed by atoms with Gasteiger partial charge in [-0.1, -0.05) is 23.2 Å². The quantitative estimate of drug-likeness (QED) is 0.00955. The number of halogens is 1. The highest BCUT2D eigenvalue weighted by Gasteiger charge is 2.29. The van der Waals surface area contributed by atoms with Crippen molar-refractivity contribution >= 4 is 142 Å². The van der Waals surface area contributed by atoms with Crippen molar-refractivity contribution in [1.29, 1.82) is 0 Å². The summed E-state index contributed by atoms with van der Waals surface area (Å²) in [5.41, 5.74) is -2.59. The van der Waals surface area contributed by atoms with E-state index >= 15 is 0 Å². The lowest BCUT2D eigenvalue weighted by Crippen LogP contribution is -2.10. The molecule has 0 aliphatic carbocycles. The number of anilines is 4. The molecule has 0 saturated heterocycles. The number of nitrogens with one attached hydrogen (secondary N) is 2. The molecule has 6 aromatic carbocycles. The molecule has 7 aromatic rings. The first-order valence-corrected chi connectivity index (χ1v) is 27.6. The molecule has 0 bridgehead atoms. The van der Waals surface area contributed by atoms with Gasteiger partial charge in [-0.2, -0.15) is 53.7 Å². The minimum absolute atomic E-state index is 0.0282. The number of azo groups is 2. The fraction of sp³-hybridized carbons (Fsp3) is 0.0541. The predicted molar refractivity (Wildman–Crippen MR) is 254 cm³/mol. The van der Waals surface area contributed by atoms with Gasteiger partial charge in [0, 0.05) is 10.8 Å². The van der Waals surface area contributed by atoms with Crippen molar-refractivity contribution in [1.82, 2.24) is 15.0 Å². The maximum atomic E-state index is 12.7. The van der Waals surface area contributed by atoms with E-state index in [1.54, 1.807) is 0 Å². The summed E-state index contributed by atoms with van der Waals surface area (Å²) in [6.45, 7) is -0.343. The Morgan fingerprint density at radius 3 is 1.85 bits per heavy atom. The minimum Gasteiger partial charge on any atom is -0.505 e. The number of aromatic nitrogens is 3. The van der Waals surface area contributed by atoms with E-state index in [0.29, 0.717) is 6.07 Å². The van der Waals surface area contributed by atoms with Crippen molar-refractivity contribution < 1.29 is 89.3 Å². The summed E-state index contributed by atoms with van der Waals surface area (Å²) in [5, 5.41) is 52.8. The summed E-state index contributed by atoms with van der Waals surface area (Å²) >= 11 is 6.45. The second kappa shape index (κ2) is 21.0. The van der Waals surface area contributed by atoms with E-state index in [9.17, 15) is 70.5 Å². The van der Waals surface area contributed by atoms with Crippen LogP contribution in [0.4, 0.5) is 46.0 Å². The molecule has 0 unspecified atom stereocenters. The molecule has 0 spiro atoms. The number of rotatable bonds is 19. The number of phenols is 2. The fourth-order valence-corrected chi connectivity index (χ4v) is 10.6. The van der Waals surface area contributed by atoms with Gasteiger partial charge in [-0.05, 0) is 89.8 Å². The van der Waals surface area contributed by atoms with E-state index < -0.39 is 132 Å². The van der Waals surface area contributed by atoms with E-state index in [-0.39, 0.29) is 51.7 Å². The number of fused-ring (bicyclic) bond motifs is 2. The third kappa shape index (κ3) is 12.6. The zero-order valence-corrected chi connectivity index (χ0v) is 41.1. The molecule has 0 radical (unpaired) electrons. The molecule has 0 saturated carbocycles. The Balaban J connectivity index is 1.28. The zero-order chi connectivity index (χ0) is 53.3. The van der Waals surface area contributed by atoms with E-state index in [1.807, 2.05) is 0 Å². The molecule has 1 heterocycles. The summed E-state index contributed by atoms with van der Waals surface area (Å²) in [4.78, 5) is 8.05. The van der Waals surface area contributed by atoms with Gasteiger partial charge in [0.05, 0.1) is 44.6 Å². The Bertz CT molecular complexity index is 4010. The van der Waals surface area contributed by atoms with Crippen molar-refractivity contribution in [3.63, 3.8) is 0 Å². The number of hydrogen-bond donors (Lipinski definition) is 9. The summed E-state index contributed by atoms with van der Waals surface area (Å²) in [6, 6.07) is 15.8. The second-order valence-corrected chi connectivity index (χ2v) is 22.8. The van der Waals surface area contributed by atoms with E-state index in [2.05, 4.69) is 55.4 Å². The Kier molecular flexibility index (Phi) is 15.6. The van der Waals surface area contributed by atoms with E-state index in [0.717, 1.165) is 36.4 Å². The van der Waals surface area contributed by atoms with Crippen molar-refractivity contribution in [2.24, 2.45) is 20.5 Å². The molecule has 73 heavy (non-hydrogen) atoms. The zero-order valence-electron chi connectivity index (χ0n) is 35.5. The van der Waals surface area contributed by atoms with Gasteiger partial charge in [0.15, 0.2) is 33.7 Å². The Labute approximate surface area is 419 Å². The highest BCUT2D eigenvalue weighted by molar-refractivity contribution is 7.91. The van der Waals surface area contributed by atoms with Crippen LogP contribution in [-0.2, 0) is 63.9 Å². The summed E-state index contributed by atoms with van der Waals surface area (Å²) in [6.07, 6.45) is 0. The molecule has 0 fully saturated rings. The Morgan fingerprint density at radius 1 is 0.589 bits per heavy atom. The van der Waals surface area contributed by atoms with Gasteiger partial charge in [-0.3, -0.25) is 22.4 Å². The molecule has 0 aliphatic heterocycles. The predicted octanol–water partition coefficient (Wildman–Crippen LogP) is 7.32. The highest BCUT2D eigenvalue weighted by atomic mass is 35.5. The van der Waals surface area contributed by atoms with Gasteiger partial charge in [0.2, 0.25) is 17.2 Å². The second-order valence-electron chi connectivity index (χ2n) is 14.2. The van der Waals surface area contributed by atoms with Crippen LogP contribution >= 0.6 is 23.9 Å². The smallest absolute Gasteiger partial charge is 0.296 e. The largest absolute Gasteiger partial charge is 0.505 e. The monoisotopic (exact) mass is 1140 g/mol. The number of phenolic OH excluding ortho intramolecular Hbond substituents is 2. The summed E-state index contributed by atoms with van der Waals surface area (Å²) < 4.78 is 173. The minimum atomic E-state index is -5.48. The lowest BCUT2D eigenvalue weighted by molar-refractivity contribution is -0.434. The molecule has 9 N–H and O–H groups in total.